The quantitative estimate of drug-likeness (QED) is 0.836. The number of nitrogens with two attached hydrogens (primary N) is 1. The van der Waals surface area contributed by atoms with Crippen molar-refractivity contribution in [3.63, 3.8) is 0 Å². The van der Waals surface area contributed by atoms with Gasteiger partial charge >= 0.3 is 0 Å². The first kappa shape index (κ1) is 15.2. The van der Waals surface area contributed by atoms with Gasteiger partial charge < -0.3 is 15.4 Å². The Hall–Kier alpha value is -1.20. The fourth-order valence-electron chi connectivity index (χ4n) is 2.55. The van der Waals surface area contributed by atoms with Crippen molar-refractivity contribution in [2.45, 2.75) is 32.4 Å². The largest absolute Gasteiger partial charge is 0.383 e. The SMILES string of the molecule is COCCN(c1c(F)cc(CN)cc1F)C(C)C1CC1. The molecule has 0 bridgehead atoms. The van der Waals surface area contributed by atoms with Crippen molar-refractivity contribution in [3.8, 4) is 0 Å². The van der Waals surface area contributed by atoms with Gasteiger partial charge in [-0.05, 0) is 43.4 Å². The van der Waals surface area contributed by atoms with Gasteiger partial charge in [0.25, 0.3) is 0 Å². The minimum atomic E-state index is -0.547. The molecular weight excluding hydrogens is 262 g/mol. The van der Waals surface area contributed by atoms with E-state index >= 15 is 0 Å². The Bertz CT molecular complexity index is 440. The summed E-state index contributed by atoms with van der Waals surface area (Å²) in [6.45, 7) is 3.06. The number of hydrogen-bond donors (Lipinski definition) is 1. The molecule has 0 spiro atoms. The lowest BCUT2D eigenvalue weighted by atomic mass is 10.1. The highest BCUT2D eigenvalue weighted by Crippen LogP contribution is 2.38. The third-order valence-corrected chi connectivity index (χ3v) is 3.93. The molecule has 1 aromatic carbocycles. The van der Waals surface area contributed by atoms with E-state index in [9.17, 15) is 8.78 Å². The van der Waals surface area contributed by atoms with Crippen LogP contribution in [0, 0.1) is 17.6 Å². The van der Waals surface area contributed by atoms with Crippen molar-refractivity contribution >= 4 is 5.69 Å². The summed E-state index contributed by atoms with van der Waals surface area (Å²) in [4.78, 5) is 1.78. The van der Waals surface area contributed by atoms with Crippen LogP contribution < -0.4 is 10.6 Å². The Morgan fingerprint density at radius 2 is 1.95 bits per heavy atom. The van der Waals surface area contributed by atoms with Gasteiger partial charge in [0.2, 0.25) is 0 Å². The van der Waals surface area contributed by atoms with E-state index in [1.807, 2.05) is 6.92 Å². The number of methoxy groups -OCH3 is 1. The van der Waals surface area contributed by atoms with Crippen LogP contribution in [0.2, 0.25) is 0 Å². The van der Waals surface area contributed by atoms with Gasteiger partial charge in [0, 0.05) is 26.2 Å². The fraction of sp³-hybridized carbons (Fsp3) is 0.600. The summed E-state index contributed by atoms with van der Waals surface area (Å²) in [5, 5.41) is 0. The molecule has 1 saturated carbocycles. The second kappa shape index (κ2) is 6.50. The standard InChI is InChI=1S/C15H22F2N2O/c1-10(12-3-4-12)19(5-6-20-2)15-13(16)7-11(9-18)8-14(15)17/h7-8,10,12H,3-6,9,18H2,1-2H3. The molecule has 1 aliphatic rings. The second-order valence-electron chi connectivity index (χ2n) is 5.38. The van der Waals surface area contributed by atoms with Gasteiger partial charge in [0.1, 0.15) is 17.3 Å². The summed E-state index contributed by atoms with van der Waals surface area (Å²) < 4.78 is 33.5. The lowest BCUT2D eigenvalue weighted by molar-refractivity contribution is 0.202. The maximum absolute atomic E-state index is 14.2. The highest BCUT2D eigenvalue weighted by molar-refractivity contribution is 5.52. The first-order valence-electron chi connectivity index (χ1n) is 7.02. The lowest BCUT2D eigenvalue weighted by Gasteiger charge is -2.32. The van der Waals surface area contributed by atoms with Crippen molar-refractivity contribution in [1.82, 2.24) is 0 Å². The Morgan fingerprint density at radius 1 is 1.35 bits per heavy atom. The summed E-state index contributed by atoms with van der Waals surface area (Å²) in [6.07, 6.45) is 2.24. The third kappa shape index (κ3) is 3.27. The van der Waals surface area contributed by atoms with Gasteiger partial charge in [-0.25, -0.2) is 8.78 Å². The zero-order chi connectivity index (χ0) is 14.7. The molecular formula is C15H22F2N2O. The van der Waals surface area contributed by atoms with E-state index in [1.165, 1.54) is 12.1 Å². The first-order valence-corrected chi connectivity index (χ1v) is 7.02. The molecule has 0 amide bonds. The van der Waals surface area contributed by atoms with E-state index in [2.05, 4.69) is 0 Å². The molecule has 2 rings (SSSR count). The third-order valence-electron chi connectivity index (χ3n) is 3.93. The molecule has 0 radical (unpaired) electrons. The molecule has 3 nitrogen and oxygen atoms in total. The lowest BCUT2D eigenvalue weighted by Crippen LogP contribution is -2.38. The molecule has 5 heteroatoms. The summed E-state index contributed by atoms with van der Waals surface area (Å²) in [7, 11) is 1.59. The fourth-order valence-corrected chi connectivity index (χ4v) is 2.55. The first-order chi connectivity index (χ1) is 9.58. The van der Waals surface area contributed by atoms with Crippen molar-refractivity contribution in [2.24, 2.45) is 11.7 Å². The Balaban J connectivity index is 2.31. The Labute approximate surface area is 118 Å². The van der Waals surface area contributed by atoms with Crippen LogP contribution >= 0.6 is 0 Å². The highest BCUT2D eigenvalue weighted by atomic mass is 19.1. The average Bonchev–Trinajstić information content (AvgIpc) is 3.25. The van der Waals surface area contributed by atoms with Crippen LogP contribution in [0.4, 0.5) is 14.5 Å². The van der Waals surface area contributed by atoms with Crippen molar-refractivity contribution in [2.75, 3.05) is 25.2 Å². The molecule has 0 saturated heterocycles. The zero-order valence-electron chi connectivity index (χ0n) is 12.0. The predicted octanol–water partition coefficient (Wildman–Crippen LogP) is 2.67. The number of rotatable bonds is 7. The molecule has 1 aliphatic carbocycles. The minimum absolute atomic E-state index is 0.0404. The van der Waals surface area contributed by atoms with E-state index in [-0.39, 0.29) is 18.3 Å². The van der Waals surface area contributed by atoms with Gasteiger partial charge in [0.15, 0.2) is 0 Å². The molecule has 20 heavy (non-hydrogen) atoms. The van der Waals surface area contributed by atoms with Crippen molar-refractivity contribution in [3.05, 3.63) is 29.3 Å². The number of anilines is 1. The molecule has 1 atom stereocenters. The number of halogens is 2. The molecule has 1 fully saturated rings. The highest BCUT2D eigenvalue weighted by Gasteiger charge is 2.34. The Morgan fingerprint density at radius 3 is 2.40 bits per heavy atom. The van der Waals surface area contributed by atoms with E-state index in [0.29, 0.717) is 24.6 Å². The molecule has 0 heterocycles. The number of nitrogens with zero attached hydrogens (tertiary/aromatic N) is 1. The summed E-state index contributed by atoms with van der Waals surface area (Å²) in [5.74, 6) is -0.581. The molecule has 1 aromatic rings. The molecule has 112 valence electrons. The average molecular weight is 284 g/mol. The van der Waals surface area contributed by atoms with Gasteiger partial charge in [-0.1, -0.05) is 0 Å². The summed E-state index contributed by atoms with van der Waals surface area (Å²) in [6, 6.07) is 2.74. The van der Waals surface area contributed by atoms with Crippen LogP contribution in [-0.4, -0.2) is 26.3 Å². The van der Waals surface area contributed by atoms with Gasteiger partial charge in [-0.15, -0.1) is 0 Å². The topological polar surface area (TPSA) is 38.5 Å². The molecule has 1 unspecified atom stereocenters. The summed E-state index contributed by atoms with van der Waals surface area (Å²) >= 11 is 0. The zero-order valence-corrected chi connectivity index (χ0v) is 12.0. The Kier molecular flexibility index (Phi) is 4.94. The van der Waals surface area contributed by atoms with Gasteiger partial charge in [-0.2, -0.15) is 0 Å². The molecule has 0 aromatic heterocycles. The van der Waals surface area contributed by atoms with Gasteiger partial charge in [0.05, 0.1) is 6.61 Å². The van der Waals surface area contributed by atoms with E-state index in [0.717, 1.165) is 12.8 Å². The number of hydrogen-bond acceptors (Lipinski definition) is 3. The normalized spacial score (nSPS) is 16.2. The van der Waals surface area contributed by atoms with Crippen LogP contribution in [0.25, 0.3) is 0 Å². The van der Waals surface area contributed by atoms with E-state index in [1.54, 1.807) is 12.0 Å². The van der Waals surface area contributed by atoms with Crippen LogP contribution in [-0.2, 0) is 11.3 Å². The number of ether oxygens (including phenoxy) is 1. The maximum atomic E-state index is 14.2. The monoisotopic (exact) mass is 284 g/mol. The molecule has 0 aliphatic heterocycles. The van der Waals surface area contributed by atoms with E-state index < -0.39 is 11.6 Å². The minimum Gasteiger partial charge on any atom is -0.383 e. The second-order valence-corrected chi connectivity index (χ2v) is 5.38. The van der Waals surface area contributed by atoms with Crippen LogP contribution in [0.3, 0.4) is 0 Å². The van der Waals surface area contributed by atoms with E-state index in [4.69, 9.17) is 10.5 Å². The van der Waals surface area contributed by atoms with Gasteiger partial charge in [-0.3, -0.25) is 0 Å². The predicted molar refractivity (Wildman–Crippen MR) is 75.7 cm³/mol. The van der Waals surface area contributed by atoms with Crippen molar-refractivity contribution < 1.29 is 13.5 Å². The van der Waals surface area contributed by atoms with Crippen LogP contribution in [0.5, 0.6) is 0 Å². The number of benzene rings is 1. The van der Waals surface area contributed by atoms with Crippen LogP contribution in [0.1, 0.15) is 25.3 Å². The smallest absolute Gasteiger partial charge is 0.149 e. The van der Waals surface area contributed by atoms with Crippen molar-refractivity contribution in [1.29, 1.82) is 0 Å². The summed E-state index contributed by atoms with van der Waals surface area (Å²) in [5.41, 5.74) is 5.95. The molecule has 2 N–H and O–H groups in total. The van der Waals surface area contributed by atoms with Crippen LogP contribution in [0.15, 0.2) is 12.1 Å². The maximum Gasteiger partial charge on any atom is 0.149 e.